The van der Waals surface area contributed by atoms with E-state index in [1.807, 2.05) is 0 Å². The topological polar surface area (TPSA) is 109 Å². The van der Waals surface area contributed by atoms with Gasteiger partial charge >= 0.3 is 0 Å². The standard InChI is InChI=1S/C9H10ClN3O3/c10-6-1-5(2-7(14)3-6)9(16)8(15)4-12-13-11/h1-3,8-9,14-16H,4H2. The Kier molecular flexibility index (Phi) is 4.39. The van der Waals surface area contributed by atoms with Crippen LogP contribution in [0.2, 0.25) is 5.02 Å². The molecule has 0 aromatic heterocycles. The molecule has 0 aliphatic heterocycles. The molecule has 0 saturated heterocycles. The third-order valence-corrected chi connectivity index (χ3v) is 2.16. The normalized spacial score (nSPS) is 13.9. The lowest BCUT2D eigenvalue weighted by molar-refractivity contribution is 0.0243. The lowest BCUT2D eigenvalue weighted by Gasteiger charge is -2.16. The summed E-state index contributed by atoms with van der Waals surface area (Å²) in [5.74, 6) is -0.113. The van der Waals surface area contributed by atoms with Crippen molar-refractivity contribution in [2.75, 3.05) is 6.54 Å². The van der Waals surface area contributed by atoms with Gasteiger partial charge in [-0.15, -0.1) is 0 Å². The van der Waals surface area contributed by atoms with Gasteiger partial charge < -0.3 is 15.3 Å². The highest BCUT2D eigenvalue weighted by Gasteiger charge is 2.18. The van der Waals surface area contributed by atoms with Crippen LogP contribution in [-0.2, 0) is 0 Å². The van der Waals surface area contributed by atoms with Crippen LogP contribution in [-0.4, -0.2) is 28.0 Å². The molecule has 0 spiro atoms. The number of hydrogen-bond acceptors (Lipinski definition) is 4. The summed E-state index contributed by atoms with van der Waals surface area (Å²) in [5, 5.41) is 31.7. The molecule has 1 aromatic rings. The Labute approximate surface area is 96.3 Å². The van der Waals surface area contributed by atoms with E-state index in [0.29, 0.717) is 0 Å². The average molecular weight is 244 g/mol. The molecule has 0 heterocycles. The molecule has 0 bridgehead atoms. The average Bonchev–Trinajstić information content (AvgIpc) is 2.23. The molecule has 86 valence electrons. The predicted molar refractivity (Wildman–Crippen MR) is 58.1 cm³/mol. The monoisotopic (exact) mass is 243 g/mol. The van der Waals surface area contributed by atoms with E-state index in [0.717, 1.165) is 0 Å². The fourth-order valence-electron chi connectivity index (χ4n) is 1.21. The van der Waals surface area contributed by atoms with Crippen molar-refractivity contribution < 1.29 is 15.3 Å². The van der Waals surface area contributed by atoms with E-state index in [-0.39, 0.29) is 22.9 Å². The van der Waals surface area contributed by atoms with Gasteiger partial charge in [-0.05, 0) is 29.3 Å². The molecule has 0 radical (unpaired) electrons. The van der Waals surface area contributed by atoms with Crippen LogP contribution in [0.3, 0.4) is 0 Å². The smallest absolute Gasteiger partial charge is 0.117 e. The van der Waals surface area contributed by atoms with Gasteiger partial charge in [-0.1, -0.05) is 16.7 Å². The van der Waals surface area contributed by atoms with E-state index in [1.165, 1.54) is 18.2 Å². The Morgan fingerprint density at radius 3 is 2.62 bits per heavy atom. The van der Waals surface area contributed by atoms with Crippen LogP contribution in [0.15, 0.2) is 23.3 Å². The minimum atomic E-state index is -1.27. The Morgan fingerprint density at radius 1 is 1.38 bits per heavy atom. The highest BCUT2D eigenvalue weighted by Crippen LogP contribution is 2.26. The predicted octanol–water partition coefficient (Wildman–Crippen LogP) is 1.75. The second-order valence-corrected chi connectivity index (χ2v) is 3.60. The summed E-state index contributed by atoms with van der Waals surface area (Å²) in [6, 6.07) is 3.98. The Morgan fingerprint density at radius 2 is 2.06 bits per heavy atom. The number of hydrogen-bond donors (Lipinski definition) is 3. The maximum atomic E-state index is 9.66. The van der Waals surface area contributed by atoms with Crippen LogP contribution in [0.25, 0.3) is 10.4 Å². The fourth-order valence-corrected chi connectivity index (χ4v) is 1.45. The van der Waals surface area contributed by atoms with Crippen LogP contribution in [0.1, 0.15) is 11.7 Å². The summed E-state index contributed by atoms with van der Waals surface area (Å²) in [4.78, 5) is 2.47. The first-order chi connectivity index (χ1) is 7.54. The fraction of sp³-hybridized carbons (Fsp3) is 0.333. The number of aliphatic hydroxyl groups excluding tert-OH is 2. The maximum Gasteiger partial charge on any atom is 0.117 e. The van der Waals surface area contributed by atoms with Gasteiger partial charge in [0, 0.05) is 9.93 Å². The van der Waals surface area contributed by atoms with Gasteiger partial charge in [-0.2, -0.15) is 0 Å². The molecule has 1 rings (SSSR count). The molecule has 2 unspecified atom stereocenters. The van der Waals surface area contributed by atoms with E-state index in [4.69, 9.17) is 17.1 Å². The molecule has 0 aliphatic rings. The summed E-state index contributed by atoms with van der Waals surface area (Å²) in [6.45, 7) is -0.259. The Balaban J connectivity index is 2.86. The molecular formula is C9H10ClN3O3. The molecule has 0 fully saturated rings. The van der Waals surface area contributed by atoms with Crippen molar-refractivity contribution in [3.63, 3.8) is 0 Å². The number of nitrogens with zero attached hydrogens (tertiary/aromatic N) is 3. The van der Waals surface area contributed by atoms with Crippen LogP contribution in [0.4, 0.5) is 0 Å². The minimum absolute atomic E-state index is 0.113. The zero-order valence-corrected chi connectivity index (χ0v) is 8.91. The lowest BCUT2D eigenvalue weighted by Crippen LogP contribution is -2.21. The van der Waals surface area contributed by atoms with Crippen molar-refractivity contribution in [3.05, 3.63) is 39.2 Å². The van der Waals surface area contributed by atoms with Gasteiger partial charge in [-0.25, -0.2) is 0 Å². The molecule has 2 atom stereocenters. The molecule has 0 saturated carbocycles. The van der Waals surface area contributed by atoms with Crippen molar-refractivity contribution in [2.24, 2.45) is 5.11 Å². The zero-order chi connectivity index (χ0) is 12.1. The van der Waals surface area contributed by atoms with Crippen LogP contribution in [0, 0.1) is 0 Å². The number of aliphatic hydroxyl groups is 2. The van der Waals surface area contributed by atoms with Crippen molar-refractivity contribution >= 4 is 11.6 Å². The highest BCUT2D eigenvalue weighted by atomic mass is 35.5. The SMILES string of the molecule is [N-]=[N+]=NCC(O)C(O)c1cc(O)cc(Cl)c1. The molecule has 3 N–H and O–H groups in total. The van der Waals surface area contributed by atoms with E-state index >= 15 is 0 Å². The third-order valence-electron chi connectivity index (χ3n) is 1.94. The third kappa shape index (κ3) is 3.29. The van der Waals surface area contributed by atoms with Gasteiger partial charge in [-0.3, -0.25) is 0 Å². The number of aromatic hydroxyl groups is 1. The zero-order valence-electron chi connectivity index (χ0n) is 8.16. The number of phenolic OH excluding ortho intramolecular Hbond substituents is 1. The Bertz CT molecular complexity index is 400. The summed E-state index contributed by atoms with van der Waals surface area (Å²) in [7, 11) is 0. The van der Waals surface area contributed by atoms with Gasteiger partial charge in [0.15, 0.2) is 0 Å². The molecule has 0 amide bonds. The van der Waals surface area contributed by atoms with Gasteiger partial charge in [0.25, 0.3) is 0 Å². The second kappa shape index (κ2) is 5.58. The number of benzene rings is 1. The van der Waals surface area contributed by atoms with E-state index in [9.17, 15) is 15.3 Å². The largest absolute Gasteiger partial charge is 0.508 e. The van der Waals surface area contributed by atoms with Crippen LogP contribution < -0.4 is 0 Å². The summed E-state index contributed by atoms with van der Waals surface area (Å²) in [5.41, 5.74) is 8.32. The number of phenols is 1. The minimum Gasteiger partial charge on any atom is -0.508 e. The molecule has 0 aliphatic carbocycles. The molecule has 7 heteroatoms. The van der Waals surface area contributed by atoms with Crippen molar-refractivity contribution in [3.8, 4) is 5.75 Å². The number of halogens is 1. The lowest BCUT2D eigenvalue weighted by atomic mass is 10.0. The van der Waals surface area contributed by atoms with Crippen molar-refractivity contribution in [2.45, 2.75) is 12.2 Å². The van der Waals surface area contributed by atoms with Crippen molar-refractivity contribution in [1.82, 2.24) is 0 Å². The second-order valence-electron chi connectivity index (χ2n) is 3.17. The van der Waals surface area contributed by atoms with Crippen LogP contribution >= 0.6 is 11.6 Å². The first kappa shape index (κ1) is 12.6. The summed E-state index contributed by atoms with van der Waals surface area (Å²) < 4.78 is 0. The molecule has 6 nitrogen and oxygen atoms in total. The van der Waals surface area contributed by atoms with Gasteiger partial charge in [0.05, 0.1) is 12.6 Å². The quantitative estimate of drug-likeness (QED) is 0.426. The summed E-state index contributed by atoms with van der Waals surface area (Å²) in [6.07, 6.45) is -2.51. The van der Waals surface area contributed by atoms with E-state index < -0.39 is 12.2 Å². The molecular weight excluding hydrogens is 234 g/mol. The number of rotatable bonds is 4. The van der Waals surface area contributed by atoms with Crippen LogP contribution in [0.5, 0.6) is 5.75 Å². The maximum absolute atomic E-state index is 9.66. The number of azide groups is 1. The van der Waals surface area contributed by atoms with Crippen molar-refractivity contribution in [1.29, 1.82) is 0 Å². The highest BCUT2D eigenvalue weighted by molar-refractivity contribution is 6.30. The van der Waals surface area contributed by atoms with E-state index in [1.54, 1.807) is 0 Å². The first-order valence-corrected chi connectivity index (χ1v) is 4.79. The Hall–Kier alpha value is -1.46. The van der Waals surface area contributed by atoms with Gasteiger partial charge in [0.1, 0.15) is 11.9 Å². The first-order valence-electron chi connectivity index (χ1n) is 4.41. The van der Waals surface area contributed by atoms with Gasteiger partial charge in [0.2, 0.25) is 0 Å². The molecule has 1 aromatic carbocycles. The van der Waals surface area contributed by atoms with E-state index in [2.05, 4.69) is 10.0 Å². The molecule has 16 heavy (non-hydrogen) atoms. The summed E-state index contributed by atoms with van der Waals surface area (Å²) >= 11 is 5.67.